The zero-order valence-electron chi connectivity index (χ0n) is 10.3. The van der Waals surface area contributed by atoms with Gasteiger partial charge in [0.2, 0.25) is 0 Å². The molecule has 0 atom stereocenters. The second-order valence-electron chi connectivity index (χ2n) is 4.41. The molecule has 0 fully saturated rings. The van der Waals surface area contributed by atoms with Gasteiger partial charge in [-0.3, -0.25) is 4.79 Å². The molecule has 0 spiro atoms. The zero-order chi connectivity index (χ0) is 13.1. The molecule has 0 radical (unpaired) electrons. The van der Waals surface area contributed by atoms with Crippen molar-refractivity contribution in [1.29, 1.82) is 0 Å². The van der Waals surface area contributed by atoms with Crippen LogP contribution >= 0.6 is 11.3 Å². The second-order valence-corrected chi connectivity index (χ2v) is 5.19. The van der Waals surface area contributed by atoms with Crippen LogP contribution in [0.3, 0.4) is 0 Å². The van der Waals surface area contributed by atoms with Gasteiger partial charge < -0.3 is 10.3 Å². The lowest BCUT2D eigenvalue weighted by Crippen LogP contribution is -2.12. The highest BCUT2D eigenvalue weighted by molar-refractivity contribution is 7.07. The van der Waals surface area contributed by atoms with Gasteiger partial charge in [-0.2, -0.15) is 11.3 Å². The minimum absolute atomic E-state index is 0.0452. The van der Waals surface area contributed by atoms with E-state index in [0.717, 1.165) is 29.6 Å². The van der Waals surface area contributed by atoms with Gasteiger partial charge in [-0.15, -0.1) is 0 Å². The number of fused-ring (bicyclic) bond motifs is 1. The summed E-state index contributed by atoms with van der Waals surface area (Å²) in [6.45, 7) is 0.811. The van der Waals surface area contributed by atoms with Gasteiger partial charge in [0.25, 0.3) is 5.56 Å². The molecule has 0 saturated heterocycles. The van der Waals surface area contributed by atoms with Crippen LogP contribution in [0.1, 0.15) is 5.56 Å². The number of H-pyrrole nitrogens is 1. The summed E-state index contributed by atoms with van der Waals surface area (Å²) in [5.41, 5.74) is 1.27. The Morgan fingerprint density at radius 2 is 2.11 bits per heavy atom. The third-order valence-corrected chi connectivity index (χ3v) is 3.79. The van der Waals surface area contributed by atoms with Crippen LogP contribution in [0.4, 0.5) is 5.82 Å². The van der Waals surface area contributed by atoms with Crippen molar-refractivity contribution in [2.45, 2.75) is 6.42 Å². The molecular formula is C15H14N2OS. The van der Waals surface area contributed by atoms with Crippen molar-refractivity contribution in [1.82, 2.24) is 4.98 Å². The lowest BCUT2D eigenvalue weighted by atomic mass is 10.2. The van der Waals surface area contributed by atoms with Crippen molar-refractivity contribution < 1.29 is 0 Å². The quantitative estimate of drug-likeness (QED) is 0.764. The highest BCUT2D eigenvalue weighted by Crippen LogP contribution is 2.13. The maximum Gasteiger partial charge on any atom is 0.257 e. The van der Waals surface area contributed by atoms with Crippen LogP contribution in [-0.4, -0.2) is 11.5 Å². The maximum atomic E-state index is 11.9. The fourth-order valence-electron chi connectivity index (χ4n) is 2.08. The van der Waals surface area contributed by atoms with Gasteiger partial charge in [0, 0.05) is 11.9 Å². The van der Waals surface area contributed by atoms with E-state index in [0.29, 0.717) is 0 Å². The molecule has 3 nitrogen and oxygen atoms in total. The summed E-state index contributed by atoms with van der Waals surface area (Å²) in [7, 11) is 0. The van der Waals surface area contributed by atoms with Crippen molar-refractivity contribution in [3.63, 3.8) is 0 Å². The van der Waals surface area contributed by atoms with Crippen LogP contribution in [0.25, 0.3) is 10.8 Å². The molecule has 2 heterocycles. The number of pyridine rings is 1. The second kappa shape index (κ2) is 5.28. The number of benzene rings is 1. The van der Waals surface area contributed by atoms with Crippen LogP contribution in [0, 0.1) is 0 Å². The molecule has 4 heteroatoms. The summed E-state index contributed by atoms with van der Waals surface area (Å²) in [5.74, 6) is 0.777. The first-order chi connectivity index (χ1) is 9.33. The topological polar surface area (TPSA) is 44.9 Å². The third-order valence-electron chi connectivity index (χ3n) is 3.06. The lowest BCUT2D eigenvalue weighted by molar-refractivity contribution is 1.01. The van der Waals surface area contributed by atoms with E-state index in [4.69, 9.17) is 0 Å². The summed E-state index contributed by atoms with van der Waals surface area (Å²) in [4.78, 5) is 14.8. The molecule has 2 N–H and O–H groups in total. The molecule has 0 aliphatic carbocycles. The van der Waals surface area contributed by atoms with Crippen molar-refractivity contribution in [2.24, 2.45) is 0 Å². The number of hydrogen-bond acceptors (Lipinski definition) is 3. The van der Waals surface area contributed by atoms with E-state index in [1.54, 1.807) is 11.3 Å². The number of anilines is 1. The smallest absolute Gasteiger partial charge is 0.257 e. The van der Waals surface area contributed by atoms with Crippen molar-refractivity contribution in [3.8, 4) is 0 Å². The van der Waals surface area contributed by atoms with Gasteiger partial charge in [-0.1, -0.05) is 18.2 Å². The van der Waals surface area contributed by atoms with E-state index < -0.39 is 0 Å². The number of nitrogens with one attached hydrogen (secondary N) is 2. The molecule has 0 bridgehead atoms. The summed E-state index contributed by atoms with van der Waals surface area (Å²) in [5, 5.41) is 9.18. The number of hydrogen-bond donors (Lipinski definition) is 2. The molecule has 2 aromatic heterocycles. The number of rotatable bonds is 4. The molecule has 0 aliphatic rings. The zero-order valence-corrected chi connectivity index (χ0v) is 11.2. The van der Waals surface area contributed by atoms with Crippen molar-refractivity contribution in [2.75, 3.05) is 11.9 Å². The molecule has 3 aromatic rings. The van der Waals surface area contributed by atoms with Crippen LogP contribution in [0.15, 0.2) is 52.0 Å². The highest BCUT2D eigenvalue weighted by Gasteiger charge is 2.01. The fraction of sp³-hybridized carbons (Fsp3) is 0.133. The maximum absolute atomic E-state index is 11.9. The minimum Gasteiger partial charge on any atom is -0.371 e. The van der Waals surface area contributed by atoms with Gasteiger partial charge in [0.05, 0.1) is 0 Å². The van der Waals surface area contributed by atoms with Crippen molar-refractivity contribution >= 4 is 27.9 Å². The predicted octanol–water partition coefficient (Wildman–Crippen LogP) is 3.24. The van der Waals surface area contributed by atoms with Gasteiger partial charge in [0.15, 0.2) is 0 Å². The number of aromatic amines is 1. The molecule has 0 aliphatic heterocycles. The van der Waals surface area contributed by atoms with E-state index in [1.807, 2.05) is 30.3 Å². The van der Waals surface area contributed by atoms with E-state index >= 15 is 0 Å². The summed E-state index contributed by atoms with van der Waals surface area (Å²) in [6, 6.07) is 11.7. The summed E-state index contributed by atoms with van der Waals surface area (Å²) >= 11 is 1.70. The highest BCUT2D eigenvalue weighted by atomic mass is 32.1. The molecule has 96 valence electrons. The molecule has 0 amide bonds. The first kappa shape index (κ1) is 12.0. The SMILES string of the molecule is O=c1[nH]c(NCCc2ccsc2)cc2ccccc12. The van der Waals surface area contributed by atoms with E-state index in [-0.39, 0.29) is 5.56 Å². The Bertz CT molecular complexity index is 731. The first-order valence-electron chi connectivity index (χ1n) is 6.20. The fourth-order valence-corrected chi connectivity index (χ4v) is 2.79. The van der Waals surface area contributed by atoms with Gasteiger partial charge >= 0.3 is 0 Å². The number of aromatic nitrogens is 1. The number of thiophene rings is 1. The Balaban J connectivity index is 1.76. The van der Waals surface area contributed by atoms with Crippen molar-refractivity contribution in [3.05, 3.63) is 63.1 Å². The van der Waals surface area contributed by atoms with Crippen LogP contribution in [0.5, 0.6) is 0 Å². The average molecular weight is 270 g/mol. The first-order valence-corrected chi connectivity index (χ1v) is 7.14. The third kappa shape index (κ3) is 2.69. The average Bonchev–Trinajstić information content (AvgIpc) is 2.92. The monoisotopic (exact) mass is 270 g/mol. The summed E-state index contributed by atoms with van der Waals surface area (Å²) in [6.07, 6.45) is 0.957. The van der Waals surface area contributed by atoms with Gasteiger partial charge in [0.1, 0.15) is 5.82 Å². The van der Waals surface area contributed by atoms with E-state index in [1.165, 1.54) is 5.56 Å². The Labute approximate surface area is 114 Å². The minimum atomic E-state index is -0.0452. The van der Waals surface area contributed by atoms with Gasteiger partial charge in [-0.05, 0) is 46.3 Å². The van der Waals surface area contributed by atoms with Gasteiger partial charge in [-0.25, -0.2) is 0 Å². The van der Waals surface area contributed by atoms with Crippen LogP contribution < -0.4 is 10.9 Å². The predicted molar refractivity (Wildman–Crippen MR) is 81.1 cm³/mol. The molecule has 0 saturated carbocycles. The molecule has 0 unspecified atom stereocenters. The van der Waals surface area contributed by atoms with E-state index in [9.17, 15) is 4.79 Å². The molecule has 3 rings (SSSR count). The molecular weight excluding hydrogens is 256 g/mol. The van der Waals surface area contributed by atoms with Crippen LogP contribution in [-0.2, 0) is 6.42 Å². The lowest BCUT2D eigenvalue weighted by Gasteiger charge is -2.06. The molecule has 1 aromatic carbocycles. The standard InChI is InChI=1S/C15H14N2OS/c18-15-13-4-2-1-3-12(13)9-14(17-15)16-7-5-11-6-8-19-10-11/h1-4,6,8-10H,5,7H2,(H2,16,17,18). The molecule has 19 heavy (non-hydrogen) atoms. The van der Waals surface area contributed by atoms with Crippen LogP contribution in [0.2, 0.25) is 0 Å². The Hall–Kier alpha value is -2.07. The Morgan fingerprint density at radius 1 is 1.21 bits per heavy atom. The normalized spacial score (nSPS) is 10.7. The Kier molecular flexibility index (Phi) is 3.33. The summed E-state index contributed by atoms with van der Waals surface area (Å²) < 4.78 is 0. The Morgan fingerprint density at radius 3 is 2.95 bits per heavy atom. The largest absolute Gasteiger partial charge is 0.371 e. The van der Waals surface area contributed by atoms with E-state index in [2.05, 4.69) is 27.1 Å².